The van der Waals surface area contributed by atoms with Gasteiger partial charge in [0.1, 0.15) is 11.6 Å². The molecule has 1 atom stereocenters. The second-order valence-corrected chi connectivity index (χ2v) is 8.56. The van der Waals surface area contributed by atoms with E-state index < -0.39 is 11.6 Å². The fraction of sp³-hybridized carbons (Fsp3) is 0.652. The average molecular weight is 437 g/mol. The van der Waals surface area contributed by atoms with Gasteiger partial charge in [-0.05, 0) is 25.0 Å². The molecule has 1 aromatic carbocycles. The Morgan fingerprint density at radius 2 is 1.55 bits per heavy atom. The number of rotatable bonds is 7. The Hall–Kier alpha value is -2.06. The van der Waals surface area contributed by atoms with Crippen molar-refractivity contribution < 1.29 is 18.4 Å². The Bertz CT molecular complexity index is 760. The lowest BCUT2D eigenvalue weighted by molar-refractivity contribution is -0.135. The highest BCUT2D eigenvalue weighted by atomic mass is 19.1. The second kappa shape index (κ2) is 11.0. The first-order chi connectivity index (χ1) is 14.9. The zero-order chi connectivity index (χ0) is 22.4. The summed E-state index contributed by atoms with van der Waals surface area (Å²) in [6.45, 7) is 11.1. The zero-order valence-electron chi connectivity index (χ0n) is 18.7. The molecule has 0 spiro atoms. The minimum Gasteiger partial charge on any atom is -0.340 e. The van der Waals surface area contributed by atoms with E-state index in [0.29, 0.717) is 45.2 Å². The Morgan fingerprint density at radius 1 is 0.935 bits per heavy atom. The van der Waals surface area contributed by atoms with Gasteiger partial charge in [-0.3, -0.25) is 19.4 Å². The summed E-state index contributed by atoms with van der Waals surface area (Å²) in [4.78, 5) is 33.4. The van der Waals surface area contributed by atoms with Crippen molar-refractivity contribution in [1.82, 2.24) is 19.6 Å². The zero-order valence-corrected chi connectivity index (χ0v) is 18.7. The van der Waals surface area contributed by atoms with Crippen LogP contribution in [0.5, 0.6) is 0 Å². The number of piperazine rings is 2. The molecule has 31 heavy (non-hydrogen) atoms. The fourth-order valence-electron chi connectivity index (χ4n) is 4.24. The largest absolute Gasteiger partial charge is 0.340 e. The summed E-state index contributed by atoms with van der Waals surface area (Å²) in [5, 5.41) is 0. The third-order valence-corrected chi connectivity index (χ3v) is 6.60. The van der Waals surface area contributed by atoms with Crippen LogP contribution in [0.3, 0.4) is 0 Å². The molecule has 1 aromatic rings. The van der Waals surface area contributed by atoms with Gasteiger partial charge in [0.05, 0.1) is 6.42 Å². The second-order valence-electron chi connectivity index (χ2n) is 8.56. The van der Waals surface area contributed by atoms with E-state index in [1.807, 2.05) is 4.90 Å². The molecule has 6 nitrogen and oxygen atoms in total. The molecule has 0 aromatic heterocycles. The van der Waals surface area contributed by atoms with E-state index in [4.69, 9.17) is 0 Å². The van der Waals surface area contributed by atoms with Crippen LogP contribution >= 0.6 is 0 Å². The van der Waals surface area contributed by atoms with Crippen LogP contribution in [-0.4, -0.2) is 96.4 Å². The number of hydrogen-bond acceptors (Lipinski definition) is 4. The summed E-state index contributed by atoms with van der Waals surface area (Å²) in [6.07, 6.45) is 1.56. The maximum atomic E-state index is 13.8. The van der Waals surface area contributed by atoms with Gasteiger partial charge >= 0.3 is 0 Å². The topological polar surface area (TPSA) is 47.1 Å². The van der Waals surface area contributed by atoms with Crippen molar-refractivity contribution >= 4 is 11.8 Å². The molecule has 2 heterocycles. The lowest BCUT2D eigenvalue weighted by Gasteiger charge is -2.38. The van der Waals surface area contributed by atoms with Gasteiger partial charge < -0.3 is 9.80 Å². The molecule has 2 aliphatic heterocycles. The normalized spacial score (nSPS) is 19.5. The molecule has 2 saturated heterocycles. The standard InChI is InChI=1S/C23H34F2N4O2/c1-3-18(2)27-12-14-28(15-13-27)22(30)6-7-26-8-10-29(11-9-26)23(31)16-19-4-5-20(24)17-21(19)25/h4-5,17-18H,3,6-16H2,1-2H3. The SMILES string of the molecule is CCC(C)N1CCN(C(=O)CCN2CCN(C(=O)Cc3ccc(F)cc3F)CC2)CC1. The van der Waals surface area contributed by atoms with Gasteiger partial charge in [0.2, 0.25) is 11.8 Å². The minimum absolute atomic E-state index is 0.0623. The average Bonchev–Trinajstić information content (AvgIpc) is 2.79. The highest BCUT2D eigenvalue weighted by molar-refractivity contribution is 5.79. The van der Waals surface area contributed by atoms with Crippen LogP contribution in [0.25, 0.3) is 0 Å². The van der Waals surface area contributed by atoms with Crippen LogP contribution in [-0.2, 0) is 16.0 Å². The van der Waals surface area contributed by atoms with Gasteiger partial charge in [0, 0.05) is 77.4 Å². The molecule has 3 rings (SSSR count). The smallest absolute Gasteiger partial charge is 0.227 e. The van der Waals surface area contributed by atoms with E-state index in [2.05, 4.69) is 23.6 Å². The molecule has 0 aliphatic carbocycles. The van der Waals surface area contributed by atoms with Gasteiger partial charge in [-0.2, -0.15) is 0 Å². The van der Waals surface area contributed by atoms with Crippen LogP contribution in [0.1, 0.15) is 32.3 Å². The molecule has 2 fully saturated rings. The summed E-state index contributed by atoms with van der Waals surface area (Å²) in [7, 11) is 0. The Balaban J connectivity index is 1.36. The van der Waals surface area contributed by atoms with Crippen molar-refractivity contribution in [1.29, 1.82) is 0 Å². The third-order valence-electron chi connectivity index (χ3n) is 6.60. The van der Waals surface area contributed by atoms with Crippen molar-refractivity contribution in [3.8, 4) is 0 Å². The van der Waals surface area contributed by atoms with Crippen LogP contribution in [0, 0.1) is 11.6 Å². The molecule has 1 unspecified atom stereocenters. The number of nitrogens with zero attached hydrogens (tertiary/aromatic N) is 4. The Morgan fingerprint density at radius 3 is 2.16 bits per heavy atom. The summed E-state index contributed by atoms with van der Waals surface area (Å²) < 4.78 is 26.8. The van der Waals surface area contributed by atoms with Crippen molar-refractivity contribution in [2.45, 2.75) is 39.2 Å². The quantitative estimate of drug-likeness (QED) is 0.656. The lowest BCUT2D eigenvalue weighted by atomic mass is 10.1. The van der Waals surface area contributed by atoms with E-state index in [0.717, 1.165) is 38.7 Å². The van der Waals surface area contributed by atoms with E-state index >= 15 is 0 Å². The van der Waals surface area contributed by atoms with Crippen molar-refractivity contribution in [3.05, 3.63) is 35.4 Å². The summed E-state index contributed by atoms with van der Waals surface area (Å²) in [5.41, 5.74) is 0.216. The van der Waals surface area contributed by atoms with E-state index in [9.17, 15) is 18.4 Å². The number of hydrogen-bond donors (Lipinski definition) is 0. The molecule has 0 bridgehead atoms. The van der Waals surface area contributed by atoms with Gasteiger partial charge in [0.25, 0.3) is 0 Å². The van der Waals surface area contributed by atoms with E-state index in [1.54, 1.807) is 4.90 Å². The molecule has 2 amide bonds. The lowest BCUT2D eigenvalue weighted by Crippen LogP contribution is -2.52. The van der Waals surface area contributed by atoms with Crippen LogP contribution < -0.4 is 0 Å². The van der Waals surface area contributed by atoms with Crippen molar-refractivity contribution in [3.63, 3.8) is 0 Å². The third kappa shape index (κ3) is 6.46. The number of amides is 2. The number of halogens is 2. The number of benzene rings is 1. The maximum absolute atomic E-state index is 13.8. The van der Waals surface area contributed by atoms with Crippen LogP contribution in [0.4, 0.5) is 8.78 Å². The van der Waals surface area contributed by atoms with Crippen molar-refractivity contribution in [2.75, 3.05) is 58.9 Å². The van der Waals surface area contributed by atoms with Crippen LogP contribution in [0.15, 0.2) is 18.2 Å². The summed E-state index contributed by atoms with van der Waals surface area (Å²) >= 11 is 0. The Kier molecular flexibility index (Phi) is 8.37. The molecule has 0 N–H and O–H groups in total. The van der Waals surface area contributed by atoms with Gasteiger partial charge in [-0.15, -0.1) is 0 Å². The van der Waals surface area contributed by atoms with Gasteiger partial charge in [-0.25, -0.2) is 8.78 Å². The molecule has 172 valence electrons. The summed E-state index contributed by atoms with van der Waals surface area (Å²) in [6, 6.07) is 3.87. The minimum atomic E-state index is -0.685. The molecule has 8 heteroatoms. The number of carbonyl (C=O) groups is 2. The molecule has 0 radical (unpaired) electrons. The van der Waals surface area contributed by atoms with E-state index in [-0.39, 0.29) is 23.8 Å². The highest BCUT2D eigenvalue weighted by Crippen LogP contribution is 2.13. The number of carbonyl (C=O) groups excluding carboxylic acids is 2. The van der Waals surface area contributed by atoms with E-state index in [1.165, 1.54) is 12.1 Å². The van der Waals surface area contributed by atoms with Gasteiger partial charge in [-0.1, -0.05) is 13.0 Å². The first-order valence-corrected chi connectivity index (χ1v) is 11.3. The first kappa shape index (κ1) is 23.6. The predicted octanol–water partition coefficient (Wildman–Crippen LogP) is 1.98. The molecular formula is C23H34F2N4O2. The Labute approximate surface area is 183 Å². The monoisotopic (exact) mass is 436 g/mol. The van der Waals surface area contributed by atoms with Crippen molar-refractivity contribution in [2.24, 2.45) is 0 Å². The first-order valence-electron chi connectivity index (χ1n) is 11.3. The molecular weight excluding hydrogens is 402 g/mol. The predicted molar refractivity (Wildman–Crippen MR) is 116 cm³/mol. The van der Waals surface area contributed by atoms with Crippen LogP contribution in [0.2, 0.25) is 0 Å². The molecule has 0 saturated carbocycles. The molecule has 2 aliphatic rings. The maximum Gasteiger partial charge on any atom is 0.227 e. The highest BCUT2D eigenvalue weighted by Gasteiger charge is 2.25. The summed E-state index contributed by atoms with van der Waals surface area (Å²) in [5.74, 6) is -1.28. The fourth-order valence-corrected chi connectivity index (χ4v) is 4.24. The van der Waals surface area contributed by atoms with Gasteiger partial charge in [0.15, 0.2) is 0 Å².